The van der Waals surface area contributed by atoms with Gasteiger partial charge in [0.15, 0.2) is 0 Å². The molecule has 0 aliphatic rings. The highest BCUT2D eigenvalue weighted by Gasteiger charge is 2.05. The highest BCUT2D eigenvalue weighted by Crippen LogP contribution is 2.16. The number of aromatic nitrogens is 1. The minimum absolute atomic E-state index is 0.303. The second-order valence-electron chi connectivity index (χ2n) is 4.09. The number of halogens is 1. The molecular formula is C14H11ClN4O. The fraction of sp³-hybridized carbons (Fsp3) is 0.0714. The first-order valence-electron chi connectivity index (χ1n) is 5.79. The Morgan fingerprint density at radius 1 is 1.25 bits per heavy atom. The molecule has 2 N–H and O–H groups in total. The molecule has 0 fully saturated rings. The molecule has 0 unspecified atom stereocenters. The second-order valence-corrected chi connectivity index (χ2v) is 4.48. The molecule has 0 bridgehead atoms. The summed E-state index contributed by atoms with van der Waals surface area (Å²) in [5.74, 6) is 0. The van der Waals surface area contributed by atoms with E-state index < -0.39 is 6.03 Å². The molecule has 1 heterocycles. The summed E-state index contributed by atoms with van der Waals surface area (Å²) in [5.41, 5.74) is 2.54. The van der Waals surface area contributed by atoms with E-state index in [2.05, 4.69) is 21.7 Å². The molecule has 100 valence electrons. The van der Waals surface area contributed by atoms with Gasteiger partial charge in [-0.3, -0.25) is 0 Å². The minimum atomic E-state index is -0.392. The Labute approximate surface area is 121 Å². The van der Waals surface area contributed by atoms with Crippen LogP contribution < -0.4 is 10.6 Å². The SMILES string of the molecule is Cc1cc(NC(=O)Nc2ccnc(Cl)c2)ccc1C#N. The molecule has 0 saturated carbocycles. The van der Waals surface area contributed by atoms with Crippen LogP contribution in [0.1, 0.15) is 11.1 Å². The number of carbonyl (C=O) groups is 1. The number of nitrogens with one attached hydrogen (secondary N) is 2. The van der Waals surface area contributed by atoms with Crippen LogP contribution in [0.15, 0.2) is 36.5 Å². The first-order valence-corrected chi connectivity index (χ1v) is 6.16. The van der Waals surface area contributed by atoms with Crippen molar-refractivity contribution < 1.29 is 4.79 Å². The van der Waals surface area contributed by atoms with Gasteiger partial charge in [-0.05, 0) is 42.8 Å². The average molecular weight is 287 g/mol. The Morgan fingerprint density at radius 2 is 1.95 bits per heavy atom. The lowest BCUT2D eigenvalue weighted by Crippen LogP contribution is -2.19. The fourth-order valence-electron chi connectivity index (χ4n) is 1.64. The van der Waals surface area contributed by atoms with Gasteiger partial charge in [0.05, 0.1) is 11.6 Å². The zero-order valence-electron chi connectivity index (χ0n) is 10.6. The fourth-order valence-corrected chi connectivity index (χ4v) is 1.81. The second kappa shape index (κ2) is 6.04. The lowest BCUT2D eigenvalue weighted by molar-refractivity contribution is 0.262. The van der Waals surface area contributed by atoms with E-state index in [-0.39, 0.29) is 0 Å². The van der Waals surface area contributed by atoms with E-state index in [1.807, 2.05) is 6.92 Å². The third-order valence-corrected chi connectivity index (χ3v) is 2.80. The first kappa shape index (κ1) is 13.8. The Bertz CT molecular complexity index is 694. The van der Waals surface area contributed by atoms with E-state index in [0.29, 0.717) is 22.1 Å². The van der Waals surface area contributed by atoms with Gasteiger partial charge in [-0.25, -0.2) is 9.78 Å². The number of anilines is 2. The van der Waals surface area contributed by atoms with Gasteiger partial charge in [-0.2, -0.15) is 5.26 Å². The summed E-state index contributed by atoms with van der Waals surface area (Å²) >= 11 is 5.73. The molecule has 2 amide bonds. The zero-order chi connectivity index (χ0) is 14.5. The summed E-state index contributed by atoms with van der Waals surface area (Å²) < 4.78 is 0. The molecule has 0 radical (unpaired) electrons. The molecule has 0 saturated heterocycles. The molecular weight excluding hydrogens is 276 g/mol. The van der Waals surface area contributed by atoms with Gasteiger partial charge in [0.25, 0.3) is 0 Å². The number of aryl methyl sites for hydroxylation is 1. The Balaban J connectivity index is 2.05. The quantitative estimate of drug-likeness (QED) is 0.829. The number of amides is 2. The normalized spacial score (nSPS) is 9.65. The molecule has 2 rings (SSSR count). The molecule has 6 heteroatoms. The summed E-state index contributed by atoms with van der Waals surface area (Å²) in [6, 6.07) is 9.93. The van der Waals surface area contributed by atoms with Crippen molar-refractivity contribution in [3.8, 4) is 6.07 Å². The van der Waals surface area contributed by atoms with Crippen molar-refractivity contribution in [2.45, 2.75) is 6.92 Å². The van der Waals surface area contributed by atoms with Crippen LogP contribution in [0.4, 0.5) is 16.2 Å². The van der Waals surface area contributed by atoms with Crippen LogP contribution in [0.5, 0.6) is 0 Å². The van der Waals surface area contributed by atoms with Crippen molar-refractivity contribution in [2.75, 3.05) is 10.6 Å². The minimum Gasteiger partial charge on any atom is -0.308 e. The van der Waals surface area contributed by atoms with Crippen LogP contribution in [-0.4, -0.2) is 11.0 Å². The van der Waals surface area contributed by atoms with Crippen LogP contribution in [-0.2, 0) is 0 Å². The zero-order valence-corrected chi connectivity index (χ0v) is 11.4. The van der Waals surface area contributed by atoms with Crippen LogP contribution in [0.3, 0.4) is 0 Å². The monoisotopic (exact) mass is 286 g/mol. The van der Waals surface area contributed by atoms with Crippen molar-refractivity contribution in [3.05, 3.63) is 52.8 Å². The number of hydrogen-bond acceptors (Lipinski definition) is 3. The van der Waals surface area contributed by atoms with Crippen LogP contribution >= 0.6 is 11.6 Å². The number of pyridine rings is 1. The highest BCUT2D eigenvalue weighted by molar-refractivity contribution is 6.29. The lowest BCUT2D eigenvalue weighted by Gasteiger charge is -2.08. The van der Waals surface area contributed by atoms with Crippen molar-refractivity contribution in [1.29, 1.82) is 5.26 Å². The Kier molecular flexibility index (Phi) is 4.18. The number of nitriles is 1. The van der Waals surface area contributed by atoms with E-state index in [0.717, 1.165) is 5.56 Å². The molecule has 1 aromatic carbocycles. The van der Waals surface area contributed by atoms with E-state index in [1.165, 1.54) is 6.20 Å². The van der Waals surface area contributed by atoms with Gasteiger partial charge in [-0.15, -0.1) is 0 Å². The number of benzene rings is 1. The van der Waals surface area contributed by atoms with E-state index in [9.17, 15) is 4.79 Å². The maximum atomic E-state index is 11.8. The number of hydrogen-bond donors (Lipinski definition) is 2. The maximum Gasteiger partial charge on any atom is 0.323 e. The van der Waals surface area contributed by atoms with Crippen molar-refractivity contribution in [1.82, 2.24) is 4.98 Å². The third-order valence-electron chi connectivity index (χ3n) is 2.59. The average Bonchev–Trinajstić information content (AvgIpc) is 2.38. The van der Waals surface area contributed by atoms with Crippen LogP contribution in [0.2, 0.25) is 5.15 Å². The molecule has 1 aromatic heterocycles. The molecule has 5 nitrogen and oxygen atoms in total. The summed E-state index contributed by atoms with van der Waals surface area (Å²) in [6.45, 7) is 1.81. The largest absolute Gasteiger partial charge is 0.323 e. The molecule has 2 aromatic rings. The Hall–Kier alpha value is -2.58. The highest BCUT2D eigenvalue weighted by atomic mass is 35.5. The first-order chi connectivity index (χ1) is 9.58. The number of nitrogens with zero attached hydrogens (tertiary/aromatic N) is 2. The van der Waals surface area contributed by atoms with Crippen molar-refractivity contribution in [3.63, 3.8) is 0 Å². The molecule has 0 aliphatic carbocycles. The number of rotatable bonds is 2. The maximum absolute atomic E-state index is 11.8. The Morgan fingerprint density at radius 3 is 2.55 bits per heavy atom. The van der Waals surface area contributed by atoms with Gasteiger partial charge >= 0.3 is 6.03 Å². The predicted molar refractivity (Wildman–Crippen MR) is 77.8 cm³/mol. The van der Waals surface area contributed by atoms with Crippen LogP contribution in [0.25, 0.3) is 0 Å². The van der Waals surface area contributed by atoms with Gasteiger partial charge in [-0.1, -0.05) is 11.6 Å². The number of carbonyl (C=O) groups excluding carboxylic acids is 1. The standard InChI is InChI=1S/C14H11ClN4O/c1-9-6-11(3-2-10(9)8-16)18-14(20)19-12-4-5-17-13(15)7-12/h2-7H,1H3,(H2,17,18,19,20). The third kappa shape index (κ3) is 3.46. The molecule has 0 spiro atoms. The van der Waals surface area contributed by atoms with Gasteiger partial charge in [0.1, 0.15) is 5.15 Å². The molecule has 0 atom stereocenters. The van der Waals surface area contributed by atoms with Gasteiger partial charge in [0, 0.05) is 17.6 Å². The molecule has 0 aliphatic heterocycles. The number of urea groups is 1. The van der Waals surface area contributed by atoms with Gasteiger partial charge < -0.3 is 10.6 Å². The van der Waals surface area contributed by atoms with Crippen molar-refractivity contribution in [2.24, 2.45) is 0 Å². The summed E-state index contributed by atoms with van der Waals surface area (Å²) in [7, 11) is 0. The lowest BCUT2D eigenvalue weighted by atomic mass is 10.1. The topological polar surface area (TPSA) is 77.8 Å². The smallest absolute Gasteiger partial charge is 0.308 e. The van der Waals surface area contributed by atoms with E-state index >= 15 is 0 Å². The summed E-state index contributed by atoms with van der Waals surface area (Å²) in [5, 5.41) is 14.5. The predicted octanol–water partition coefficient (Wildman–Crippen LogP) is 3.56. The van der Waals surface area contributed by atoms with E-state index in [1.54, 1.807) is 30.3 Å². The molecule has 20 heavy (non-hydrogen) atoms. The summed E-state index contributed by atoms with van der Waals surface area (Å²) in [4.78, 5) is 15.6. The summed E-state index contributed by atoms with van der Waals surface area (Å²) in [6.07, 6.45) is 1.50. The van der Waals surface area contributed by atoms with E-state index in [4.69, 9.17) is 16.9 Å². The van der Waals surface area contributed by atoms with Crippen molar-refractivity contribution >= 4 is 29.0 Å². The van der Waals surface area contributed by atoms with Crippen LogP contribution in [0, 0.1) is 18.3 Å². The van der Waals surface area contributed by atoms with Gasteiger partial charge in [0.2, 0.25) is 0 Å².